The van der Waals surface area contributed by atoms with Gasteiger partial charge in [-0.25, -0.2) is 0 Å². The van der Waals surface area contributed by atoms with E-state index in [1.165, 1.54) is 0 Å². The van der Waals surface area contributed by atoms with Crippen LogP contribution in [0.15, 0.2) is 10.7 Å². The number of hydrogen-bond donors (Lipinski definition) is 1. The van der Waals surface area contributed by atoms with Gasteiger partial charge >= 0.3 is 0 Å². The lowest BCUT2D eigenvalue weighted by molar-refractivity contribution is 0.181. The van der Waals surface area contributed by atoms with Gasteiger partial charge in [0.15, 0.2) is 0 Å². The molecule has 0 saturated carbocycles. The first-order valence-electron chi connectivity index (χ1n) is 4.99. The Hall–Kier alpha value is -0.390. The van der Waals surface area contributed by atoms with Gasteiger partial charge in [0.2, 0.25) is 0 Å². The topological polar surface area (TPSA) is 47.3 Å². The number of aromatic nitrogens is 2. The van der Waals surface area contributed by atoms with Crippen LogP contribution in [0.3, 0.4) is 0 Å². The summed E-state index contributed by atoms with van der Waals surface area (Å²) in [6.07, 6.45) is 2.61. The van der Waals surface area contributed by atoms with E-state index >= 15 is 0 Å². The van der Waals surface area contributed by atoms with Gasteiger partial charge in [-0.05, 0) is 28.3 Å². The van der Waals surface area contributed by atoms with Gasteiger partial charge in [0.05, 0.1) is 29.5 Å². The Bertz CT molecular complexity index is 302. The van der Waals surface area contributed by atoms with Crippen molar-refractivity contribution in [3.8, 4) is 0 Å². The highest BCUT2D eigenvalue weighted by Gasteiger charge is 2.11. The van der Waals surface area contributed by atoms with Crippen LogP contribution in [0.25, 0.3) is 0 Å². The average Bonchev–Trinajstić information content (AvgIpc) is 2.57. The van der Waals surface area contributed by atoms with Crippen molar-refractivity contribution >= 4 is 15.9 Å². The maximum Gasteiger partial charge on any atom is 0.0658 e. The Kier molecular flexibility index (Phi) is 5.28. The highest BCUT2D eigenvalue weighted by atomic mass is 79.9. The van der Waals surface area contributed by atoms with Crippen molar-refractivity contribution in [2.75, 3.05) is 20.3 Å². The van der Waals surface area contributed by atoms with E-state index in [0.29, 0.717) is 6.61 Å². The number of aliphatic hydroxyl groups excluding tert-OH is 1. The molecule has 1 unspecified atom stereocenters. The van der Waals surface area contributed by atoms with Crippen molar-refractivity contribution in [1.29, 1.82) is 0 Å². The fourth-order valence-electron chi connectivity index (χ4n) is 1.36. The van der Waals surface area contributed by atoms with E-state index in [2.05, 4.69) is 21.0 Å². The molecule has 1 N–H and O–H groups in total. The van der Waals surface area contributed by atoms with Crippen LogP contribution in [-0.4, -0.2) is 35.2 Å². The molecule has 1 aromatic heterocycles. The molecule has 0 aromatic carbocycles. The zero-order valence-corrected chi connectivity index (χ0v) is 10.7. The molecule has 0 spiro atoms. The predicted molar refractivity (Wildman–Crippen MR) is 61.8 cm³/mol. The van der Waals surface area contributed by atoms with Crippen LogP contribution in [0.1, 0.15) is 12.6 Å². The van der Waals surface area contributed by atoms with Crippen molar-refractivity contribution in [3.63, 3.8) is 0 Å². The molecule has 86 valence electrons. The molecule has 4 nitrogen and oxygen atoms in total. The van der Waals surface area contributed by atoms with Gasteiger partial charge in [-0.2, -0.15) is 5.10 Å². The van der Waals surface area contributed by atoms with Crippen LogP contribution in [0.2, 0.25) is 0 Å². The second kappa shape index (κ2) is 6.25. The van der Waals surface area contributed by atoms with E-state index in [1.807, 2.05) is 11.6 Å². The Morgan fingerprint density at radius 2 is 2.40 bits per heavy atom. The van der Waals surface area contributed by atoms with Crippen molar-refractivity contribution in [2.45, 2.75) is 19.9 Å². The number of aliphatic hydroxyl groups is 1. The summed E-state index contributed by atoms with van der Waals surface area (Å²) in [4.78, 5) is 0. The Labute approximate surface area is 98.4 Å². The highest BCUT2D eigenvalue weighted by molar-refractivity contribution is 9.10. The molecule has 15 heavy (non-hydrogen) atoms. The summed E-state index contributed by atoms with van der Waals surface area (Å²) < 4.78 is 7.93. The van der Waals surface area contributed by atoms with Crippen molar-refractivity contribution in [2.24, 2.45) is 5.92 Å². The molecule has 1 heterocycles. The first-order chi connectivity index (χ1) is 7.19. The fourth-order valence-corrected chi connectivity index (χ4v) is 1.81. The van der Waals surface area contributed by atoms with Gasteiger partial charge in [0, 0.05) is 13.7 Å². The summed E-state index contributed by atoms with van der Waals surface area (Å²) >= 11 is 3.46. The van der Waals surface area contributed by atoms with Gasteiger partial charge in [0.25, 0.3) is 0 Å². The van der Waals surface area contributed by atoms with Gasteiger partial charge < -0.3 is 9.84 Å². The van der Waals surface area contributed by atoms with Gasteiger partial charge in [0.1, 0.15) is 0 Å². The number of ether oxygens (including phenoxy) is 1. The molecule has 0 aliphatic rings. The Morgan fingerprint density at radius 1 is 1.67 bits per heavy atom. The molecular weight excluding hydrogens is 260 g/mol. The zero-order chi connectivity index (χ0) is 11.3. The van der Waals surface area contributed by atoms with Crippen LogP contribution in [0.4, 0.5) is 0 Å². The largest absolute Gasteiger partial charge is 0.396 e. The standard InChI is InChI=1S/C10H17BrN2O2/c1-8(7-14)5-10-9(11)6-12-13(10)3-4-15-2/h6,8,14H,3-5,7H2,1-2H3. The van der Waals surface area contributed by atoms with Crippen molar-refractivity contribution in [3.05, 3.63) is 16.4 Å². The molecule has 0 radical (unpaired) electrons. The molecule has 0 aliphatic carbocycles. The average molecular weight is 277 g/mol. The lowest BCUT2D eigenvalue weighted by Crippen LogP contribution is -2.13. The van der Waals surface area contributed by atoms with Gasteiger partial charge in [-0.1, -0.05) is 6.92 Å². The minimum Gasteiger partial charge on any atom is -0.396 e. The third-order valence-electron chi connectivity index (χ3n) is 2.26. The lowest BCUT2D eigenvalue weighted by atomic mass is 10.1. The van der Waals surface area contributed by atoms with Crippen LogP contribution in [0, 0.1) is 5.92 Å². The maximum atomic E-state index is 9.02. The highest BCUT2D eigenvalue weighted by Crippen LogP contribution is 2.19. The second-order valence-electron chi connectivity index (χ2n) is 3.65. The molecule has 1 atom stereocenters. The molecule has 0 fully saturated rings. The summed E-state index contributed by atoms with van der Waals surface area (Å²) in [5.74, 6) is 0.249. The number of hydrogen-bond acceptors (Lipinski definition) is 3. The van der Waals surface area contributed by atoms with Crippen LogP contribution < -0.4 is 0 Å². The van der Waals surface area contributed by atoms with Crippen LogP contribution in [-0.2, 0) is 17.7 Å². The number of halogens is 1. The van der Waals surface area contributed by atoms with Crippen molar-refractivity contribution in [1.82, 2.24) is 9.78 Å². The minimum absolute atomic E-state index is 0.196. The van der Waals surface area contributed by atoms with E-state index in [0.717, 1.165) is 23.1 Å². The molecule has 0 bridgehead atoms. The number of nitrogens with zero attached hydrogens (tertiary/aromatic N) is 2. The summed E-state index contributed by atoms with van der Waals surface area (Å²) in [6, 6.07) is 0. The van der Waals surface area contributed by atoms with E-state index in [9.17, 15) is 0 Å². The van der Waals surface area contributed by atoms with Crippen LogP contribution >= 0.6 is 15.9 Å². The summed E-state index contributed by atoms with van der Waals surface area (Å²) in [6.45, 7) is 3.60. The quantitative estimate of drug-likeness (QED) is 0.856. The van der Waals surface area contributed by atoms with E-state index in [1.54, 1.807) is 13.3 Å². The molecule has 1 aromatic rings. The summed E-state index contributed by atoms with van der Waals surface area (Å²) in [7, 11) is 1.68. The third kappa shape index (κ3) is 3.59. The van der Waals surface area contributed by atoms with E-state index in [4.69, 9.17) is 9.84 Å². The first-order valence-corrected chi connectivity index (χ1v) is 5.78. The molecule has 1 rings (SSSR count). The minimum atomic E-state index is 0.196. The number of rotatable bonds is 6. The SMILES string of the molecule is COCCn1ncc(Br)c1CC(C)CO. The Balaban J connectivity index is 2.70. The molecule has 0 saturated heterocycles. The smallest absolute Gasteiger partial charge is 0.0658 e. The monoisotopic (exact) mass is 276 g/mol. The van der Waals surface area contributed by atoms with Crippen LogP contribution in [0.5, 0.6) is 0 Å². The van der Waals surface area contributed by atoms with Gasteiger partial charge in [-0.3, -0.25) is 4.68 Å². The lowest BCUT2D eigenvalue weighted by Gasteiger charge is -2.11. The molecule has 5 heteroatoms. The first kappa shape index (κ1) is 12.7. The maximum absolute atomic E-state index is 9.02. The second-order valence-corrected chi connectivity index (χ2v) is 4.50. The van der Waals surface area contributed by atoms with Crippen molar-refractivity contribution < 1.29 is 9.84 Å². The summed E-state index contributed by atoms with van der Waals surface area (Å²) in [5.41, 5.74) is 1.12. The summed E-state index contributed by atoms with van der Waals surface area (Å²) in [5, 5.41) is 13.3. The molecule has 0 aliphatic heterocycles. The normalized spacial score (nSPS) is 13.1. The third-order valence-corrected chi connectivity index (χ3v) is 2.92. The Morgan fingerprint density at radius 3 is 3.00 bits per heavy atom. The number of methoxy groups -OCH3 is 1. The molecular formula is C10H17BrN2O2. The zero-order valence-electron chi connectivity index (χ0n) is 9.11. The van der Waals surface area contributed by atoms with E-state index in [-0.39, 0.29) is 12.5 Å². The molecule has 0 amide bonds. The predicted octanol–water partition coefficient (Wildman–Crippen LogP) is 1.46. The van der Waals surface area contributed by atoms with E-state index < -0.39 is 0 Å². The fraction of sp³-hybridized carbons (Fsp3) is 0.700. The van der Waals surface area contributed by atoms with Gasteiger partial charge in [-0.15, -0.1) is 0 Å².